The lowest BCUT2D eigenvalue weighted by molar-refractivity contribution is -0.135. The second kappa shape index (κ2) is 46.3. The number of hydrogen-bond donors (Lipinski definition) is 15. The molecule has 0 fully saturated rings. The number of nitrogens with two attached hydrogens (primary N) is 1. The highest BCUT2D eigenvalue weighted by Gasteiger charge is 2.35. The second-order valence-electron chi connectivity index (χ2n) is 31.6. The zero-order valence-corrected chi connectivity index (χ0v) is 68.3. The number of aliphatic hydroxyl groups excluding tert-OH is 1. The molecule has 2 aromatic heterocycles. The van der Waals surface area contributed by atoms with Gasteiger partial charge in [0.05, 0.1) is 13.2 Å². The first-order chi connectivity index (χ1) is 51.4. The molecule has 110 heavy (non-hydrogen) atoms. The highest BCUT2D eigenvalue weighted by atomic mass is 32.2. The Kier molecular flexibility index (Phi) is 40.0. The predicted octanol–water partition coefficient (Wildman–Crippen LogP) is 7.13. The molecular formula is C74H125N17O18S. The van der Waals surface area contributed by atoms with Crippen molar-refractivity contribution in [3.8, 4) is 0 Å². The number of rotatable bonds is 44. The number of anilines is 3. The van der Waals surface area contributed by atoms with E-state index in [1.807, 2.05) is 13.8 Å². The summed E-state index contributed by atoms with van der Waals surface area (Å²) < 4.78 is 28.4. The number of ether oxygens (including phenoxy) is 5. The maximum Gasteiger partial charge on any atom is 0.408 e. The summed E-state index contributed by atoms with van der Waals surface area (Å²) in [5.41, 5.74) is 3.08. The quantitative estimate of drug-likeness (QED) is 0.0198. The maximum absolute atomic E-state index is 15.2. The Balaban J connectivity index is 2.13. The SMILES string of the molecule is CCCCNc1nc(N)c2[nH]c(=O)n(Cc3ccc(NC(=O)[C@H](CCCCNC(=O)OC(C)(C)C)NC(=O)[C@H](CCCCNC(=O)OC(C)(C)C)NC(=O)[C@H](CCCCNC(=O)OC(C)(C)C)NC(=O)[C@H](CCCCNC(=O)OC(C)(C)C)NC(=O)[C@H](CO)NC(=O)[C@H](CSCCC)NC(=O)OC(C)(C)C)cc3)c2n1. The Morgan fingerprint density at radius 3 is 1.20 bits per heavy atom. The topological polar surface area (TPSA) is 488 Å². The van der Waals surface area contributed by atoms with Gasteiger partial charge in [0.2, 0.25) is 41.4 Å². The summed E-state index contributed by atoms with van der Waals surface area (Å²) in [7, 11) is 0. The van der Waals surface area contributed by atoms with Gasteiger partial charge < -0.3 is 103 Å². The van der Waals surface area contributed by atoms with E-state index in [1.165, 1.54) is 16.3 Å². The van der Waals surface area contributed by atoms with E-state index in [0.717, 1.165) is 19.3 Å². The average Bonchev–Trinajstić information content (AvgIpc) is 1.63. The van der Waals surface area contributed by atoms with Crippen molar-refractivity contribution in [2.75, 3.05) is 67.2 Å². The fourth-order valence-corrected chi connectivity index (χ4v) is 11.2. The van der Waals surface area contributed by atoms with Crippen molar-refractivity contribution in [1.29, 1.82) is 0 Å². The van der Waals surface area contributed by atoms with Crippen LogP contribution < -0.4 is 75.2 Å². The van der Waals surface area contributed by atoms with Gasteiger partial charge >= 0.3 is 36.2 Å². The van der Waals surface area contributed by atoms with Gasteiger partial charge in [-0.25, -0.2) is 28.8 Å². The molecule has 3 rings (SSSR count). The van der Waals surface area contributed by atoms with E-state index in [4.69, 9.17) is 29.4 Å². The van der Waals surface area contributed by atoms with Crippen LogP contribution in [0.25, 0.3) is 11.2 Å². The van der Waals surface area contributed by atoms with Gasteiger partial charge in [-0.3, -0.25) is 33.3 Å². The number of nitrogens with zero attached hydrogens (tertiary/aromatic N) is 3. The van der Waals surface area contributed by atoms with Crippen LogP contribution in [0.15, 0.2) is 29.1 Å². The fraction of sp³-hybridized carbons (Fsp3) is 0.703. The molecular weight excluding hydrogens is 1450 g/mol. The summed E-state index contributed by atoms with van der Waals surface area (Å²) in [6.07, 6.45) is 0.238. The number of carbonyl (C=O) groups excluding carboxylic acids is 11. The smallest absolute Gasteiger partial charge is 0.408 e. The standard InChI is InChI=1S/C74H125N17O18S/c1-18-20-37-76-63-89-55(75)54-56(90-63)91(64(99)88-54)43-46-33-35-47(36-34-46)81-57(93)48(29-21-25-38-77-65(100)105-70(3,4)5)82-58(94)49(30-22-26-39-78-66(101)106-71(6,7)8)83-59(95)50(31-23-27-40-79-67(102)107-72(9,10)11)84-60(96)51(32-24-28-41-80-68(103)108-73(12,13)14)85-61(97)52(44-92)86-62(98)53(45-110-42-19-2)87-69(104)109-74(15,16)17/h33-36,48-53,92H,18-32,37-45H2,1-17H3,(H,77,100)(H,78,101)(H,79,102)(H,80,103)(H,81,93)(H,82,94)(H,83,95)(H,84,96)(H,85,97)(H,86,98)(H,87,104)(H,88,99)(H3,75,76,89,90)/t48-,49-,50-,51-,52-,53-/m0/s1. The Morgan fingerprint density at radius 1 is 0.464 bits per heavy atom. The minimum absolute atomic E-state index is 0.00151. The summed E-state index contributed by atoms with van der Waals surface area (Å²) in [5.74, 6) is -4.19. The van der Waals surface area contributed by atoms with E-state index in [0.29, 0.717) is 30.0 Å². The molecule has 36 heteroatoms. The van der Waals surface area contributed by atoms with Gasteiger partial charge in [0.15, 0.2) is 11.5 Å². The summed E-state index contributed by atoms with van der Waals surface area (Å²) >= 11 is 1.35. The zero-order chi connectivity index (χ0) is 82.6. The molecule has 0 bridgehead atoms. The van der Waals surface area contributed by atoms with Crippen LogP contribution >= 0.6 is 11.8 Å². The largest absolute Gasteiger partial charge is 0.444 e. The number of carbonyl (C=O) groups is 11. The number of H-pyrrole nitrogens is 1. The summed E-state index contributed by atoms with van der Waals surface area (Å²) in [6, 6.07) is -2.11. The first-order valence-corrected chi connectivity index (χ1v) is 39.0. The maximum atomic E-state index is 15.2. The number of imidazole rings is 1. The number of aliphatic hydroxyl groups is 1. The number of aromatic amines is 1. The van der Waals surface area contributed by atoms with Gasteiger partial charge in [0.25, 0.3) is 0 Å². The van der Waals surface area contributed by atoms with Crippen molar-refractivity contribution in [1.82, 2.24) is 72.7 Å². The number of benzene rings is 1. The van der Waals surface area contributed by atoms with Crippen LogP contribution in [-0.4, -0.2) is 206 Å². The van der Waals surface area contributed by atoms with Crippen molar-refractivity contribution >= 4 is 106 Å². The third-order valence-corrected chi connectivity index (χ3v) is 16.6. The molecule has 6 atom stereocenters. The molecule has 2 heterocycles. The van der Waals surface area contributed by atoms with E-state index >= 15 is 9.59 Å². The fourth-order valence-electron chi connectivity index (χ4n) is 10.3. The monoisotopic (exact) mass is 1570 g/mol. The van der Waals surface area contributed by atoms with Gasteiger partial charge in [-0.15, -0.1) is 0 Å². The van der Waals surface area contributed by atoms with E-state index in [9.17, 15) is 53.1 Å². The first kappa shape index (κ1) is 94.9. The minimum Gasteiger partial charge on any atom is -0.444 e. The number of hydrogen-bond acceptors (Lipinski definition) is 23. The molecule has 11 amide bonds. The third-order valence-electron chi connectivity index (χ3n) is 15.4. The highest BCUT2D eigenvalue weighted by Crippen LogP contribution is 2.21. The van der Waals surface area contributed by atoms with Crippen LogP contribution in [0.2, 0.25) is 0 Å². The van der Waals surface area contributed by atoms with Crippen LogP contribution in [0.3, 0.4) is 0 Å². The van der Waals surface area contributed by atoms with E-state index in [-0.39, 0.29) is 132 Å². The number of thioether (sulfide) groups is 1. The molecule has 0 saturated carbocycles. The molecule has 0 unspecified atom stereocenters. The Bertz CT molecular complexity index is 3520. The highest BCUT2D eigenvalue weighted by molar-refractivity contribution is 7.99. The number of alkyl carbamates (subject to hydrolysis) is 5. The van der Waals surface area contributed by atoms with Crippen LogP contribution in [0, 0.1) is 0 Å². The molecule has 1 aromatic carbocycles. The number of amides is 11. The molecule has 3 aromatic rings. The van der Waals surface area contributed by atoms with Crippen molar-refractivity contribution in [2.45, 2.75) is 285 Å². The molecule has 0 spiro atoms. The first-order valence-electron chi connectivity index (χ1n) is 37.9. The molecule has 35 nitrogen and oxygen atoms in total. The zero-order valence-electron chi connectivity index (χ0n) is 67.5. The molecule has 16 N–H and O–H groups in total. The molecule has 0 aliphatic carbocycles. The Hall–Kier alpha value is -9.35. The van der Waals surface area contributed by atoms with E-state index in [1.54, 1.807) is 128 Å². The van der Waals surface area contributed by atoms with Gasteiger partial charge in [-0.2, -0.15) is 21.7 Å². The molecule has 620 valence electrons. The number of fused-ring (bicyclic) bond motifs is 1. The van der Waals surface area contributed by atoms with Crippen molar-refractivity contribution < 1.29 is 81.5 Å². The molecule has 0 saturated heterocycles. The van der Waals surface area contributed by atoms with Crippen molar-refractivity contribution in [2.24, 2.45) is 0 Å². The molecule has 0 aliphatic heterocycles. The van der Waals surface area contributed by atoms with Crippen molar-refractivity contribution in [3.05, 3.63) is 40.3 Å². The van der Waals surface area contributed by atoms with Gasteiger partial charge in [-0.05, 0) is 217 Å². The summed E-state index contributed by atoms with van der Waals surface area (Å²) in [6.45, 7) is 29.3. The van der Waals surface area contributed by atoms with Crippen LogP contribution in [0.1, 0.15) is 220 Å². The molecule has 0 radical (unpaired) electrons. The van der Waals surface area contributed by atoms with Crippen LogP contribution in [0.4, 0.5) is 41.4 Å². The molecule has 0 aliphatic rings. The minimum atomic E-state index is -1.69. The van der Waals surface area contributed by atoms with E-state index in [2.05, 4.69) is 78.8 Å². The van der Waals surface area contributed by atoms with Crippen LogP contribution in [-0.2, 0) is 59.0 Å². The van der Waals surface area contributed by atoms with Gasteiger partial charge in [0.1, 0.15) is 69.8 Å². The van der Waals surface area contributed by atoms with Crippen LogP contribution in [0.5, 0.6) is 0 Å². The summed E-state index contributed by atoms with van der Waals surface area (Å²) in [5, 5.41) is 43.4. The lowest BCUT2D eigenvalue weighted by Crippen LogP contribution is -2.60. The number of aromatic nitrogens is 4. The van der Waals surface area contributed by atoms with E-state index < -0.39 is 142 Å². The Labute approximate surface area is 650 Å². The Morgan fingerprint density at radius 2 is 0.827 bits per heavy atom. The van der Waals surface area contributed by atoms with Gasteiger partial charge in [-0.1, -0.05) is 32.4 Å². The lowest BCUT2D eigenvalue weighted by Gasteiger charge is -2.28. The second-order valence-corrected chi connectivity index (χ2v) is 32.7. The lowest BCUT2D eigenvalue weighted by atomic mass is 10.0. The predicted molar refractivity (Wildman–Crippen MR) is 420 cm³/mol. The van der Waals surface area contributed by atoms with Gasteiger partial charge in [0, 0.05) is 44.2 Å². The normalized spacial score (nSPS) is 13.4. The third kappa shape index (κ3) is 39.8. The number of unbranched alkanes of at least 4 members (excludes halogenated alkanes) is 5. The number of nitrogen functional groups attached to an aromatic ring is 1. The number of nitrogens with one attached hydrogen (secondary N) is 13. The summed E-state index contributed by atoms with van der Waals surface area (Å²) in [4.78, 5) is 177. The van der Waals surface area contributed by atoms with Crippen molar-refractivity contribution in [3.63, 3.8) is 0 Å². The average molecular weight is 1570 g/mol.